The lowest BCUT2D eigenvalue weighted by Gasteiger charge is -2.28. The van der Waals surface area contributed by atoms with Crippen molar-refractivity contribution in [2.75, 3.05) is 7.11 Å². The van der Waals surface area contributed by atoms with E-state index < -0.39 is 0 Å². The number of nitrogens with zero attached hydrogens (tertiary/aromatic N) is 4. The largest absolute Gasteiger partial charge is 0.496 e. The first-order valence-corrected chi connectivity index (χ1v) is 9.55. The van der Waals surface area contributed by atoms with Crippen LogP contribution in [0, 0.1) is 6.92 Å². The Hall–Kier alpha value is -3.19. The number of para-hydroxylation sites is 1. The summed E-state index contributed by atoms with van der Waals surface area (Å²) in [5.41, 5.74) is 2.48. The van der Waals surface area contributed by atoms with Gasteiger partial charge in [-0.1, -0.05) is 29.8 Å². The summed E-state index contributed by atoms with van der Waals surface area (Å²) in [6.45, 7) is 6.66. The SMILES string of the molecule is COc1ccccc1C(C)(C)NCc1nnc2n(C)c(=O)c3cc(C)ccc3n12. The molecule has 0 saturated heterocycles. The van der Waals surface area contributed by atoms with Crippen LogP contribution in [0.15, 0.2) is 47.3 Å². The molecule has 0 unspecified atom stereocenters. The molecule has 7 nitrogen and oxygen atoms in total. The summed E-state index contributed by atoms with van der Waals surface area (Å²) in [7, 11) is 3.40. The zero-order valence-corrected chi connectivity index (χ0v) is 17.4. The van der Waals surface area contributed by atoms with E-state index in [1.807, 2.05) is 47.7 Å². The molecule has 4 aromatic rings. The summed E-state index contributed by atoms with van der Waals surface area (Å²) in [5.74, 6) is 2.10. The molecule has 0 fully saturated rings. The second-order valence-corrected chi connectivity index (χ2v) is 7.82. The van der Waals surface area contributed by atoms with Crippen LogP contribution in [0.3, 0.4) is 0 Å². The van der Waals surface area contributed by atoms with Gasteiger partial charge in [-0.15, -0.1) is 10.2 Å². The van der Waals surface area contributed by atoms with Crippen molar-refractivity contribution in [2.24, 2.45) is 7.05 Å². The van der Waals surface area contributed by atoms with Gasteiger partial charge in [0.1, 0.15) is 5.75 Å². The van der Waals surface area contributed by atoms with Crippen molar-refractivity contribution in [1.82, 2.24) is 24.5 Å². The minimum atomic E-state index is -0.356. The zero-order chi connectivity index (χ0) is 20.8. The van der Waals surface area contributed by atoms with Gasteiger partial charge in [-0.3, -0.25) is 13.8 Å². The number of rotatable bonds is 5. The summed E-state index contributed by atoms with van der Waals surface area (Å²) in [5, 5.41) is 12.9. The van der Waals surface area contributed by atoms with Gasteiger partial charge in [0.05, 0.1) is 24.6 Å². The fraction of sp³-hybridized carbons (Fsp3) is 0.318. The highest BCUT2D eigenvalue weighted by molar-refractivity contribution is 5.81. The fourth-order valence-electron chi connectivity index (χ4n) is 3.73. The quantitative estimate of drug-likeness (QED) is 0.566. The van der Waals surface area contributed by atoms with Crippen LogP contribution >= 0.6 is 0 Å². The van der Waals surface area contributed by atoms with Gasteiger partial charge in [0.2, 0.25) is 5.78 Å². The number of hydrogen-bond acceptors (Lipinski definition) is 5. The fourth-order valence-corrected chi connectivity index (χ4v) is 3.73. The number of methoxy groups -OCH3 is 1. The molecule has 2 heterocycles. The summed E-state index contributed by atoms with van der Waals surface area (Å²) >= 11 is 0. The lowest BCUT2D eigenvalue weighted by molar-refractivity contribution is 0.355. The Morgan fingerprint density at radius 1 is 1.14 bits per heavy atom. The summed E-state index contributed by atoms with van der Waals surface area (Å²) in [6.07, 6.45) is 0. The van der Waals surface area contributed by atoms with E-state index in [1.165, 1.54) is 0 Å². The highest BCUT2D eigenvalue weighted by atomic mass is 16.5. The molecule has 0 spiro atoms. The zero-order valence-electron chi connectivity index (χ0n) is 17.4. The Kier molecular flexibility index (Phi) is 4.62. The van der Waals surface area contributed by atoms with Crippen LogP contribution in [-0.4, -0.2) is 26.3 Å². The number of aromatic nitrogens is 4. The number of ether oxygens (including phenoxy) is 1. The third-order valence-electron chi connectivity index (χ3n) is 5.41. The van der Waals surface area contributed by atoms with Gasteiger partial charge in [0.15, 0.2) is 5.82 Å². The van der Waals surface area contributed by atoms with Crippen LogP contribution in [0.4, 0.5) is 0 Å². The topological polar surface area (TPSA) is 73.4 Å². The van der Waals surface area contributed by atoms with Crippen molar-refractivity contribution in [3.8, 4) is 5.75 Å². The average molecular weight is 391 g/mol. The lowest BCUT2D eigenvalue weighted by Crippen LogP contribution is -2.37. The molecule has 0 radical (unpaired) electrons. The molecule has 29 heavy (non-hydrogen) atoms. The van der Waals surface area contributed by atoms with Gasteiger partial charge in [0, 0.05) is 18.2 Å². The Morgan fingerprint density at radius 2 is 1.90 bits per heavy atom. The maximum atomic E-state index is 12.7. The Bertz CT molecular complexity index is 1270. The van der Waals surface area contributed by atoms with E-state index in [0.717, 1.165) is 28.2 Å². The molecule has 0 saturated carbocycles. The molecule has 0 aliphatic carbocycles. The molecule has 0 aliphatic heterocycles. The van der Waals surface area contributed by atoms with E-state index >= 15 is 0 Å². The van der Waals surface area contributed by atoms with Crippen molar-refractivity contribution in [3.05, 3.63) is 69.8 Å². The first kappa shape index (κ1) is 19.1. The Morgan fingerprint density at radius 3 is 2.66 bits per heavy atom. The van der Waals surface area contributed by atoms with E-state index in [2.05, 4.69) is 35.4 Å². The average Bonchev–Trinajstić information content (AvgIpc) is 3.14. The first-order valence-electron chi connectivity index (χ1n) is 9.55. The molecule has 0 atom stereocenters. The Balaban J connectivity index is 1.78. The van der Waals surface area contributed by atoms with Crippen molar-refractivity contribution in [2.45, 2.75) is 32.9 Å². The summed E-state index contributed by atoms with van der Waals surface area (Å²) in [6, 6.07) is 13.8. The molecule has 0 bridgehead atoms. The van der Waals surface area contributed by atoms with Crippen molar-refractivity contribution >= 4 is 16.7 Å². The van der Waals surface area contributed by atoms with E-state index in [9.17, 15) is 4.79 Å². The molecule has 4 rings (SSSR count). The normalized spacial score (nSPS) is 12.0. The monoisotopic (exact) mass is 391 g/mol. The number of benzene rings is 2. The number of aryl methyl sites for hydroxylation is 2. The minimum absolute atomic E-state index is 0.0718. The highest BCUT2D eigenvalue weighted by Crippen LogP contribution is 2.29. The predicted molar refractivity (Wildman–Crippen MR) is 113 cm³/mol. The van der Waals surface area contributed by atoms with E-state index in [0.29, 0.717) is 17.7 Å². The van der Waals surface area contributed by atoms with Gasteiger partial charge in [-0.25, -0.2) is 0 Å². The predicted octanol–water partition coefficient (Wildman–Crippen LogP) is 2.92. The van der Waals surface area contributed by atoms with Crippen LogP contribution in [0.25, 0.3) is 16.7 Å². The van der Waals surface area contributed by atoms with Crippen molar-refractivity contribution in [3.63, 3.8) is 0 Å². The van der Waals surface area contributed by atoms with Crippen LogP contribution in [0.2, 0.25) is 0 Å². The molecule has 150 valence electrons. The molecule has 7 heteroatoms. The second kappa shape index (κ2) is 7.00. The minimum Gasteiger partial charge on any atom is -0.496 e. The van der Waals surface area contributed by atoms with Gasteiger partial charge in [-0.05, 0) is 39.0 Å². The van der Waals surface area contributed by atoms with Gasteiger partial charge >= 0.3 is 0 Å². The smallest absolute Gasteiger partial charge is 0.262 e. The Labute approximate surface area is 169 Å². The molecule has 0 amide bonds. The van der Waals surface area contributed by atoms with E-state index in [1.54, 1.807) is 18.7 Å². The maximum Gasteiger partial charge on any atom is 0.262 e. The van der Waals surface area contributed by atoms with Gasteiger partial charge in [0.25, 0.3) is 5.56 Å². The molecule has 1 N–H and O–H groups in total. The van der Waals surface area contributed by atoms with Gasteiger partial charge in [-0.2, -0.15) is 0 Å². The van der Waals surface area contributed by atoms with Crippen molar-refractivity contribution in [1.29, 1.82) is 0 Å². The molecule has 0 aliphatic rings. The van der Waals surface area contributed by atoms with Crippen LogP contribution in [0.1, 0.15) is 30.8 Å². The lowest BCUT2D eigenvalue weighted by atomic mass is 9.93. The maximum absolute atomic E-state index is 12.7. The molecular weight excluding hydrogens is 366 g/mol. The van der Waals surface area contributed by atoms with E-state index in [-0.39, 0.29) is 11.1 Å². The first-order chi connectivity index (χ1) is 13.8. The van der Waals surface area contributed by atoms with Crippen LogP contribution in [-0.2, 0) is 19.1 Å². The number of fused-ring (bicyclic) bond motifs is 3. The van der Waals surface area contributed by atoms with Crippen LogP contribution < -0.4 is 15.6 Å². The third-order valence-corrected chi connectivity index (χ3v) is 5.41. The number of nitrogens with one attached hydrogen (secondary N) is 1. The van der Waals surface area contributed by atoms with E-state index in [4.69, 9.17) is 4.74 Å². The molecule has 2 aromatic carbocycles. The summed E-state index contributed by atoms with van der Waals surface area (Å²) < 4.78 is 9.02. The van der Waals surface area contributed by atoms with Crippen LogP contribution in [0.5, 0.6) is 5.75 Å². The van der Waals surface area contributed by atoms with Crippen molar-refractivity contribution < 1.29 is 4.74 Å². The van der Waals surface area contributed by atoms with Gasteiger partial charge < -0.3 is 10.1 Å². The second-order valence-electron chi connectivity index (χ2n) is 7.82. The highest BCUT2D eigenvalue weighted by Gasteiger charge is 2.25. The number of hydrogen-bond donors (Lipinski definition) is 1. The molecule has 2 aromatic heterocycles. The summed E-state index contributed by atoms with van der Waals surface area (Å²) in [4.78, 5) is 12.7. The standard InChI is InChI=1S/C22H25N5O2/c1-14-10-11-17-15(12-14)20(28)26(4)21-25-24-19(27(17)21)13-23-22(2,3)16-8-6-7-9-18(16)29-5/h6-12,23H,13H2,1-5H3. The molecular formula is C22H25N5O2. The third kappa shape index (κ3) is 3.17.